The highest BCUT2D eigenvalue weighted by molar-refractivity contribution is 5.96. The van der Waals surface area contributed by atoms with Crippen LogP contribution < -0.4 is 0 Å². The first-order valence-electron chi connectivity index (χ1n) is 7.42. The fourth-order valence-corrected chi connectivity index (χ4v) is 2.68. The Balaban J connectivity index is 1.90. The molecule has 5 nitrogen and oxygen atoms in total. The molecule has 2 aromatic rings. The quantitative estimate of drug-likeness (QED) is 0.922. The van der Waals surface area contributed by atoms with Crippen LogP contribution in [0.15, 0.2) is 36.4 Å². The van der Waals surface area contributed by atoms with Gasteiger partial charge in [-0.15, -0.1) is 0 Å². The summed E-state index contributed by atoms with van der Waals surface area (Å²) in [6.07, 6.45) is 1.68. The van der Waals surface area contributed by atoms with Crippen LogP contribution in [-0.4, -0.2) is 39.0 Å². The first-order chi connectivity index (χ1) is 11.0. The third-order valence-electron chi connectivity index (χ3n) is 4.03. The Morgan fingerprint density at radius 1 is 1.22 bits per heavy atom. The molecule has 120 valence electrons. The molecule has 1 aliphatic carbocycles. The molecule has 0 unspecified atom stereocenters. The molecule has 1 saturated carbocycles. The maximum atomic E-state index is 13.0. The van der Waals surface area contributed by atoms with E-state index in [1.165, 1.54) is 17.0 Å². The zero-order valence-corrected chi connectivity index (χ0v) is 12.7. The number of aromatic nitrogens is 1. The number of carboxylic acid groups (broad SMARTS) is 1. The molecule has 1 heterocycles. The number of carboxylic acids is 1. The van der Waals surface area contributed by atoms with Gasteiger partial charge >= 0.3 is 5.97 Å². The highest BCUT2D eigenvalue weighted by atomic mass is 19.1. The number of hydrogen-bond donors (Lipinski definition) is 1. The number of hydrogen-bond acceptors (Lipinski definition) is 2. The molecule has 0 atom stereocenters. The lowest BCUT2D eigenvalue weighted by atomic mass is 10.1. The van der Waals surface area contributed by atoms with E-state index in [4.69, 9.17) is 5.11 Å². The van der Waals surface area contributed by atoms with Crippen LogP contribution in [0.25, 0.3) is 11.3 Å². The van der Waals surface area contributed by atoms with Crippen molar-refractivity contribution in [3.8, 4) is 11.3 Å². The average Bonchev–Trinajstić information content (AvgIpc) is 3.28. The molecule has 1 amide bonds. The van der Waals surface area contributed by atoms with E-state index in [1.807, 2.05) is 0 Å². The Labute approximate surface area is 132 Å². The number of aliphatic carboxylic acids is 1. The Bertz CT molecular complexity index is 748. The van der Waals surface area contributed by atoms with Gasteiger partial charge in [-0.2, -0.15) is 0 Å². The van der Waals surface area contributed by atoms with E-state index in [0.717, 1.165) is 24.1 Å². The lowest BCUT2D eigenvalue weighted by Crippen LogP contribution is -2.38. The zero-order valence-electron chi connectivity index (χ0n) is 12.7. The first-order valence-corrected chi connectivity index (χ1v) is 7.42. The van der Waals surface area contributed by atoms with E-state index in [0.29, 0.717) is 5.69 Å². The monoisotopic (exact) mass is 316 g/mol. The van der Waals surface area contributed by atoms with Gasteiger partial charge in [0.15, 0.2) is 0 Å². The molecule has 3 rings (SSSR count). The van der Waals surface area contributed by atoms with Crippen LogP contribution in [-0.2, 0) is 11.8 Å². The fraction of sp³-hybridized carbons (Fsp3) is 0.294. The van der Waals surface area contributed by atoms with Crippen LogP contribution >= 0.6 is 0 Å². The van der Waals surface area contributed by atoms with Gasteiger partial charge in [0.2, 0.25) is 0 Å². The van der Waals surface area contributed by atoms with E-state index in [-0.39, 0.29) is 24.3 Å². The SMILES string of the molecule is Cn1c(C(=O)N(CC(=O)O)C2CC2)ccc1-c1ccc(F)cc1. The normalized spacial score (nSPS) is 13.8. The van der Waals surface area contributed by atoms with Crippen LogP contribution in [0.2, 0.25) is 0 Å². The molecule has 1 N–H and O–H groups in total. The number of rotatable bonds is 5. The molecular formula is C17H17FN2O3. The summed E-state index contributed by atoms with van der Waals surface area (Å²) >= 11 is 0. The van der Waals surface area contributed by atoms with Crippen molar-refractivity contribution in [2.75, 3.05) is 6.54 Å². The molecule has 0 spiro atoms. The molecule has 0 aliphatic heterocycles. The smallest absolute Gasteiger partial charge is 0.323 e. The molecule has 23 heavy (non-hydrogen) atoms. The van der Waals surface area contributed by atoms with Crippen LogP contribution in [0.1, 0.15) is 23.3 Å². The standard InChI is InChI=1S/C17H17FN2O3/c1-19-14(11-2-4-12(18)5-3-11)8-9-15(19)17(23)20(10-16(21)22)13-6-7-13/h2-5,8-9,13H,6-7,10H2,1H3,(H,21,22). The molecule has 0 saturated heterocycles. The Morgan fingerprint density at radius 3 is 2.43 bits per heavy atom. The van der Waals surface area contributed by atoms with E-state index in [9.17, 15) is 14.0 Å². The second-order valence-corrected chi connectivity index (χ2v) is 5.73. The number of amides is 1. The van der Waals surface area contributed by atoms with Crippen molar-refractivity contribution in [1.82, 2.24) is 9.47 Å². The summed E-state index contributed by atoms with van der Waals surface area (Å²) in [5, 5.41) is 9.00. The lowest BCUT2D eigenvalue weighted by molar-refractivity contribution is -0.137. The Hall–Kier alpha value is -2.63. The molecule has 1 aromatic carbocycles. The molecule has 0 bridgehead atoms. The van der Waals surface area contributed by atoms with Gasteiger partial charge in [0.25, 0.3) is 5.91 Å². The van der Waals surface area contributed by atoms with E-state index in [1.54, 1.807) is 35.9 Å². The minimum Gasteiger partial charge on any atom is -0.480 e. The van der Waals surface area contributed by atoms with Crippen molar-refractivity contribution < 1.29 is 19.1 Å². The number of nitrogens with zero attached hydrogens (tertiary/aromatic N) is 2. The zero-order chi connectivity index (χ0) is 16.6. The van der Waals surface area contributed by atoms with Gasteiger partial charge in [0.05, 0.1) is 0 Å². The van der Waals surface area contributed by atoms with Gasteiger partial charge in [-0.1, -0.05) is 0 Å². The molecule has 0 radical (unpaired) electrons. The van der Waals surface area contributed by atoms with Crippen molar-refractivity contribution in [1.29, 1.82) is 0 Å². The molecule has 1 aliphatic rings. The largest absolute Gasteiger partial charge is 0.480 e. The van der Waals surface area contributed by atoms with Gasteiger partial charge in [0, 0.05) is 18.8 Å². The topological polar surface area (TPSA) is 62.5 Å². The second-order valence-electron chi connectivity index (χ2n) is 5.73. The van der Waals surface area contributed by atoms with Crippen LogP contribution in [0, 0.1) is 5.82 Å². The summed E-state index contributed by atoms with van der Waals surface area (Å²) in [7, 11) is 1.75. The summed E-state index contributed by atoms with van der Waals surface area (Å²) in [5.74, 6) is -1.62. The maximum Gasteiger partial charge on any atom is 0.323 e. The van der Waals surface area contributed by atoms with Crippen molar-refractivity contribution in [3.63, 3.8) is 0 Å². The summed E-state index contributed by atoms with van der Waals surface area (Å²) in [5.41, 5.74) is 2.00. The predicted octanol–water partition coefficient (Wildman–Crippen LogP) is 2.52. The minimum atomic E-state index is -1.02. The predicted molar refractivity (Wildman–Crippen MR) is 82.5 cm³/mol. The second kappa shape index (κ2) is 5.87. The highest BCUT2D eigenvalue weighted by Gasteiger charge is 2.35. The summed E-state index contributed by atoms with van der Waals surface area (Å²) in [6.45, 7) is -0.291. The molecule has 1 fully saturated rings. The summed E-state index contributed by atoms with van der Waals surface area (Å²) in [6, 6.07) is 9.51. The minimum absolute atomic E-state index is 0.0165. The van der Waals surface area contributed by atoms with Gasteiger partial charge in [-0.25, -0.2) is 4.39 Å². The van der Waals surface area contributed by atoms with Gasteiger partial charge < -0.3 is 14.6 Å². The van der Waals surface area contributed by atoms with E-state index < -0.39 is 5.97 Å². The average molecular weight is 316 g/mol. The van der Waals surface area contributed by atoms with Crippen molar-refractivity contribution in [3.05, 3.63) is 47.9 Å². The van der Waals surface area contributed by atoms with E-state index >= 15 is 0 Å². The summed E-state index contributed by atoms with van der Waals surface area (Å²) in [4.78, 5) is 25.1. The Morgan fingerprint density at radius 2 is 1.87 bits per heavy atom. The third kappa shape index (κ3) is 3.11. The van der Waals surface area contributed by atoms with Crippen LogP contribution in [0.5, 0.6) is 0 Å². The number of benzene rings is 1. The van der Waals surface area contributed by atoms with Crippen molar-refractivity contribution in [2.24, 2.45) is 7.05 Å². The Kier molecular flexibility index (Phi) is 3.90. The molecular weight excluding hydrogens is 299 g/mol. The van der Waals surface area contributed by atoms with Crippen LogP contribution in [0.4, 0.5) is 4.39 Å². The molecule has 1 aromatic heterocycles. The number of carbonyl (C=O) groups is 2. The van der Waals surface area contributed by atoms with Crippen molar-refractivity contribution >= 4 is 11.9 Å². The van der Waals surface area contributed by atoms with Gasteiger partial charge in [0.1, 0.15) is 18.1 Å². The van der Waals surface area contributed by atoms with Crippen molar-refractivity contribution in [2.45, 2.75) is 18.9 Å². The number of carbonyl (C=O) groups excluding carboxylic acids is 1. The molecule has 6 heteroatoms. The number of halogens is 1. The third-order valence-corrected chi connectivity index (χ3v) is 4.03. The maximum absolute atomic E-state index is 13.0. The first kappa shape index (κ1) is 15.3. The highest BCUT2D eigenvalue weighted by Crippen LogP contribution is 2.29. The van der Waals surface area contributed by atoms with Gasteiger partial charge in [-0.3, -0.25) is 9.59 Å². The van der Waals surface area contributed by atoms with E-state index in [2.05, 4.69) is 0 Å². The summed E-state index contributed by atoms with van der Waals surface area (Å²) < 4.78 is 14.8. The lowest BCUT2D eigenvalue weighted by Gasteiger charge is -2.20. The van der Waals surface area contributed by atoms with Crippen LogP contribution in [0.3, 0.4) is 0 Å². The fourth-order valence-electron chi connectivity index (χ4n) is 2.68. The van der Waals surface area contributed by atoms with Gasteiger partial charge in [-0.05, 0) is 54.8 Å².